The lowest BCUT2D eigenvalue weighted by molar-refractivity contribution is -0.148. The third-order valence-corrected chi connectivity index (χ3v) is 2.34. The van der Waals surface area contributed by atoms with Crippen LogP contribution in [0.5, 0.6) is 5.75 Å². The van der Waals surface area contributed by atoms with Crippen LogP contribution in [0, 0.1) is 0 Å². The monoisotopic (exact) mass is 281 g/mol. The quantitative estimate of drug-likeness (QED) is 0.692. The standard InChI is InChI=1S/C13H15NO6/c1-19-12(16)7-10(13(17)18)14-11(15)8-20-9-5-3-2-4-6-9/h2-6,10H,7-8H2,1H3,(H,14,15)(H,17,18)/t10-/m0/s1. The molecule has 0 saturated heterocycles. The van der Waals surface area contributed by atoms with Crippen molar-refractivity contribution in [3.63, 3.8) is 0 Å². The lowest BCUT2D eigenvalue weighted by Gasteiger charge is -2.13. The maximum Gasteiger partial charge on any atom is 0.326 e. The maximum atomic E-state index is 11.5. The second-order valence-electron chi connectivity index (χ2n) is 3.84. The van der Waals surface area contributed by atoms with Crippen LogP contribution in [0.25, 0.3) is 0 Å². The Morgan fingerprint density at radius 2 is 1.90 bits per heavy atom. The van der Waals surface area contributed by atoms with Crippen molar-refractivity contribution in [3.05, 3.63) is 30.3 Å². The van der Waals surface area contributed by atoms with Gasteiger partial charge in [-0.2, -0.15) is 0 Å². The van der Waals surface area contributed by atoms with Crippen molar-refractivity contribution >= 4 is 17.8 Å². The summed E-state index contributed by atoms with van der Waals surface area (Å²) in [5, 5.41) is 11.1. The normalized spacial score (nSPS) is 11.2. The zero-order valence-corrected chi connectivity index (χ0v) is 10.9. The highest BCUT2D eigenvalue weighted by Gasteiger charge is 2.23. The number of benzene rings is 1. The number of hydrogen-bond acceptors (Lipinski definition) is 5. The van der Waals surface area contributed by atoms with Gasteiger partial charge in [0.05, 0.1) is 13.5 Å². The van der Waals surface area contributed by atoms with Crippen LogP contribution >= 0.6 is 0 Å². The number of para-hydroxylation sites is 1. The summed E-state index contributed by atoms with van der Waals surface area (Å²) in [7, 11) is 1.14. The molecular weight excluding hydrogens is 266 g/mol. The molecule has 108 valence electrons. The van der Waals surface area contributed by atoms with Crippen LogP contribution in [-0.2, 0) is 19.1 Å². The third kappa shape index (κ3) is 5.38. The average molecular weight is 281 g/mol. The van der Waals surface area contributed by atoms with Gasteiger partial charge in [0.2, 0.25) is 0 Å². The first kappa shape index (κ1) is 15.5. The predicted octanol–water partition coefficient (Wildman–Crippen LogP) is 0.198. The Morgan fingerprint density at radius 1 is 1.25 bits per heavy atom. The van der Waals surface area contributed by atoms with E-state index in [9.17, 15) is 14.4 Å². The number of nitrogens with one attached hydrogen (secondary N) is 1. The molecule has 7 heteroatoms. The number of aliphatic carboxylic acids is 1. The molecule has 1 atom stereocenters. The number of esters is 1. The fraction of sp³-hybridized carbons (Fsp3) is 0.308. The summed E-state index contributed by atoms with van der Waals surface area (Å²) in [6.45, 7) is -0.338. The number of rotatable bonds is 7. The smallest absolute Gasteiger partial charge is 0.326 e. The molecule has 1 aromatic rings. The lowest BCUT2D eigenvalue weighted by Crippen LogP contribution is -2.44. The second-order valence-corrected chi connectivity index (χ2v) is 3.84. The summed E-state index contributed by atoms with van der Waals surface area (Å²) in [6.07, 6.45) is -0.442. The van der Waals surface area contributed by atoms with E-state index in [4.69, 9.17) is 9.84 Å². The molecule has 0 aromatic heterocycles. The minimum Gasteiger partial charge on any atom is -0.484 e. The first-order valence-electron chi connectivity index (χ1n) is 5.79. The molecule has 0 bridgehead atoms. The molecule has 7 nitrogen and oxygen atoms in total. The van der Waals surface area contributed by atoms with Gasteiger partial charge in [-0.15, -0.1) is 0 Å². The summed E-state index contributed by atoms with van der Waals surface area (Å²) in [5.41, 5.74) is 0. The molecule has 1 rings (SSSR count). The van der Waals surface area contributed by atoms with Crippen molar-refractivity contribution in [1.29, 1.82) is 0 Å². The van der Waals surface area contributed by atoms with Gasteiger partial charge in [-0.25, -0.2) is 4.79 Å². The second kappa shape index (κ2) is 7.78. The van der Waals surface area contributed by atoms with Gasteiger partial charge in [-0.1, -0.05) is 18.2 Å². The molecule has 0 aliphatic carbocycles. The van der Waals surface area contributed by atoms with Gasteiger partial charge in [-0.05, 0) is 12.1 Å². The first-order chi connectivity index (χ1) is 9.52. The van der Waals surface area contributed by atoms with Crippen LogP contribution in [0.4, 0.5) is 0 Å². The average Bonchev–Trinajstić information content (AvgIpc) is 2.45. The Balaban J connectivity index is 2.46. The molecule has 0 saturated carbocycles. The van der Waals surface area contributed by atoms with E-state index in [1.807, 2.05) is 0 Å². The highest BCUT2D eigenvalue weighted by atomic mass is 16.5. The maximum absolute atomic E-state index is 11.5. The fourth-order valence-corrected chi connectivity index (χ4v) is 1.35. The number of carbonyl (C=O) groups excluding carboxylic acids is 2. The van der Waals surface area contributed by atoms with Crippen LogP contribution in [0.1, 0.15) is 6.42 Å². The SMILES string of the molecule is COC(=O)C[C@H](NC(=O)COc1ccccc1)C(=O)O. The molecule has 20 heavy (non-hydrogen) atoms. The number of carboxylic acids is 1. The molecule has 0 spiro atoms. The molecule has 0 aliphatic heterocycles. The number of hydrogen-bond donors (Lipinski definition) is 2. The molecule has 2 N–H and O–H groups in total. The van der Waals surface area contributed by atoms with Gasteiger partial charge >= 0.3 is 11.9 Å². The first-order valence-corrected chi connectivity index (χ1v) is 5.79. The Bertz CT molecular complexity index is 473. The van der Waals surface area contributed by atoms with E-state index in [0.717, 1.165) is 7.11 Å². The number of methoxy groups -OCH3 is 1. The highest BCUT2D eigenvalue weighted by molar-refractivity contribution is 5.87. The van der Waals surface area contributed by atoms with Crippen molar-refractivity contribution in [2.75, 3.05) is 13.7 Å². The van der Waals surface area contributed by atoms with Gasteiger partial charge in [0.25, 0.3) is 5.91 Å². The van der Waals surface area contributed by atoms with E-state index >= 15 is 0 Å². The topological polar surface area (TPSA) is 102 Å². The summed E-state index contributed by atoms with van der Waals surface area (Å²) in [6, 6.07) is 7.26. The van der Waals surface area contributed by atoms with E-state index < -0.39 is 30.3 Å². The lowest BCUT2D eigenvalue weighted by atomic mass is 10.2. The minimum absolute atomic E-state index is 0.338. The fourth-order valence-electron chi connectivity index (χ4n) is 1.35. The van der Waals surface area contributed by atoms with E-state index in [0.29, 0.717) is 5.75 Å². The van der Waals surface area contributed by atoms with Crippen molar-refractivity contribution in [3.8, 4) is 5.75 Å². The molecule has 0 radical (unpaired) electrons. The van der Waals surface area contributed by atoms with E-state index in [2.05, 4.69) is 10.1 Å². The summed E-state index contributed by atoms with van der Waals surface area (Å²) in [4.78, 5) is 33.5. The van der Waals surface area contributed by atoms with Crippen molar-refractivity contribution in [2.45, 2.75) is 12.5 Å². The summed E-state index contributed by atoms with van der Waals surface area (Å²) in [5.74, 6) is -2.18. The highest BCUT2D eigenvalue weighted by Crippen LogP contribution is 2.07. The van der Waals surface area contributed by atoms with E-state index in [1.54, 1.807) is 30.3 Å². The van der Waals surface area contributed by atoms with Gasteiger partial charge in [0.15, 0.2) is 6.61 Å². The van der Waals surface area contributed by atoms with Crippen molar-refractivity contribution in [2.24, 2.45) is 0 Å². The Labute approximate surface area is 115 Å². The van der Waals surface area contributed by atoms with Crippen LogP contribution in [0.2, 0.25) is 0 Å². The zero-order valence-electron chi connectivity index (χ0n) is 10.9. The van der Waals surface area contributed by atoms with Crippen molar-refractivity contribution in [1.82, 2.24) is 5.32 Å². The number of carboxylic acid groups (broad SMARTS) is 1. The number of amides is 1. The largest absolute Gasteiger partial charge is 0.484 e. The van der Waals surface area contributed by atoms with Crippen LogP contribution in [0.3, 0.4) is 0 Å². The van der Waals surface area contributed by atoms with Gasteiger partial charge in [0, 0.05) is 0 Å². The zero-order chi connectivity index (χ0) is 15.0. The molecule has 0 heterocycles. The van der Waals surface area contributed by atoms with Crippen LogP contribution in [-0.4, -0.2) is 42.7 Å². The third-order valence-electron chi connectivity index (χ3n) is 2.34. The Kier molecular flexibility index (Phi) is 6.02. The predicted molar refractivity (Wildman–Crippen MR) is 68.1 cm³/mol. The van der Waals surface area contributed by atoms with E-state index in [1.165, 1.54) is 0 Å². The van der Waals surface area contributed by atoms with Gasteiger partial charge in [-0.3, -0.25) is 9.59 Å². The Hall–Kier alpha value is -2.57. The number of ether oxygens (including phenoxy) is 2. The molecule has 1 amide bonds. The molecular formula is C13H15NO6. The van der Waals surface area contributed by atoms with Crippen LogP contribution in [0.15, 0.2) is 30.3 Å². The van der Waals surface area contributed by atoms with Gasteiger partial charge < -0.3 is 19.9 Å². The van der Waals surface area contributed by atoms with Gasteiger partial charge in [0.1, 0.15) is 11.8 Å². The van der Waals surface area contributed by atoms with Crippen LogP contribution < -0.4 is 10.1 Å². The molecule has 1 aromatic carbocycles. The van der Waals surface area contributed by atoms with Crippen molar-refractivity contribution < 1.29 is 29.0 Å². The summed E-state index contributed by atoms with van der Waals surface area (Å²) < 4.78 is 9.52. The van der Waals surface area contributed by atoms with E-state index in [-0.39, 0.29) is 6.61 Å². The summed E-state index contributed by atoms with van der Waals surface area (Å²) >= 11 is 0. The molecule has 0 unspecified atom stereocenters. The number of carbonyl (C=O) groups is 3. The molecule has 0 fully saturated rings. The Morgan fingerprint density at radius 3 is 2.45 bits per heavy atom. The molecule has 0 aliphatic rings. The minimum atomic E-state index is -1.34.